The summed E-state index contributed by atoms with van der Waals surface area (Å²) in [4.78, 5) is 0. The number of aliphatic hydroxyl groups is 1. The van der Waals surface area contributed by atoms with E-state index in [-0.39, 0.29) is 12.3 Å². The van der Waals surface area contributed by atoms with Gasteiger partial charge in [-0.15, -0.1) is 5.10 Å². The highest BCUT2D eigenvalue weighted by Crippen LogP contribution is 2.21. The van der Waals surface area contributed by atoms with Gasteiger partial charge in [-0.1, -0.05) is 24.3 Å². The maximum Gasteiger partial charge on any atom is 0.170 e. The molecule has 0 saturated carbocycles. The number of aromatic nitrogens is 3. The van der Waals surface area contributed by atoms with Gasteiger partial charge in [0.25, 0.3) is 0 Å². The van der Waals surface area contributed by atoms with Gasteiger partial charge in [-0.2, -0.15) is 0 Å². The first-order chi connectivity index (χ1) is 9.15. The molecule has 1 aromatic heterocycles. The SMILES string of the molecule is CCC(O)c1cn(Cc2cccc(OC)c2F)nn1. The highest BCUT2D eigenvalue weighted by atomic mass is 19.1. The second-order valence-electron chi connectivity index (χ2n) is 4.20. The zero-order valence-electron chi connectivity index (χ0n) is 10.9. The molecule has 0 amide bonds. The van der Waals surface area contributed by atoms with Crippen LogP contribution in [0.4, 0.5) is 4.39 Å². The van der Waals surface area contributed by atoms with Gasteiger partial charge in [-0.3, -0.25) is 0 Å². The van der Waals surface area contributed by atoms with Crippen LogP contribution in [0.2, 0.25) is 0 Å². The molecular formula is C13H16FN3O2. The van der Waals surface area contributed by atoms with Crippen LogP contribution >= 0.6 is 0 Å². The van der Waals surface area contributed by atoms with E-state index in [1.807, 2.05) is 6.92 Å². The van der Waals surface area contributed by atoms with Gasteiger partial charge in [0.1, 0.15) is 5.69 Å². The number of rotatable bonds is 5. The number of benzene rings is 1. The zero-order chi connectivity index (χ0) is 13.8. The molecule has 5 nitrogen and oxygen atoms in total. The van der Waals surface area contributed by atoms with Gasteiger partial charge in [-0.25, -0.2) is 9.07 Å². The third-order valence-electron chi connectivity index (χ3n) is 2.88. The van der Waals surface area contributed by atoms with Crippen molar-refractivity contribution in [1.82, 2.24) is 15.0 Å². The largest absolute Gasteiger partial charge is 0.494 e. The van der Waals surface area contributed by atoms with Crippen molar-refractivity contribution in [3.63, 3.8) is 0 Å². The molecular weight excluding hydrogens is 249 g/mol. The van der Waals surface area contributed by atoms with E-state index in [2.05, 4.69) is 10.3 Å². The molecule has 1 atom stereocenters. The van der Waals surface area contributed by atoms with E-state index in [0.717, 1.165) is 0 Å². The molecule has 0 aliphatic carbocycles. The van der Waals surface area contributed by atoms with Gasteiger partial charge in [0.15, 0.2) is 11.6 Å². The average molecular weight is 265 g/mol. The van der Waals surface area contributed by atoms with E-state index >= 15 is 0 Å². The lowest BCUT2D eigenvalue weighted by Gasteiger charge is -2.07. The minimum Gasteiger partial charge on any atom is -0.494 e. The lowest BCUT2D eigenvalue weighted by molar-refractivity contribution is 0.168. The van der Waals surface area contributed by atoms with Crippen molar-refractivity contribution in [3.05, 3.63) is 41.5 Å². The number of methoxy groups -OCH3 is 1. The fourth-order valence-electron chi connectivity index (χ4n) is 1.76. The molecule has 1 heterocycles. The van der Waals surface area contributed by atoms with Gasteiger partial charge in [0.05, 0.1) is 26.0 Å². The fraction of sp³-hybridized carbons (Fsp3) is 0.385. The first-order valence-corrected chi connectivity index (χ1v) is 6.05. The van der Waals surface area contributed by atoms with Crippen LogP contribution in [0.25, 0.3) is 0 Å². The van der Waals surface area contributed by atoms with Crippen molar-refractivity contribution < 1.29 is 14.2 Å². The second kappa shape index (κ2) is 5.79. The van der Waals surface area contributed by atoms with Crippen molar-refractivity contribution in [2.24, 2.45) is 0 Å². The third-order valence-corrected chi connectivity index (χ3v) is 2.88. The summed E-state index contributed by atoms with van der Waals surface area (Å²) in [7, 11) is 1.42. The number of aliphatic hydroxyl groups excluding tert-OH is 1. The molecule has 1 N–H and O–H groups in total. The second-order valence-corrected chi connectivity index (χ2v) is 4.20. The molecule has 1 unspecified atom stereocenters. The molecule has 6 heteroatoms. The van der Waals surface area contributed by atoms with Crippen molar-refractivity contribution >= 4 is 0 Å². The topological polar surface area (TPSA) is 60.2 Å². The molecule has 0 radical (unpaired) electrons. The molecule has 0 bridgehead atoms. The minimum absolute atomic E-state index is 0.200. The summed E-state index contributed by atoms with van der Waals surface area (Å²) in [5, 5.41) is 17.4. The highest BCUT2D eigenvalue weighted by molar-refractivity contribution is 5.31. The van der Waals surface area contributed by atoms with E-state index in [4.69, 9.17) is 4.74 Å². The van der Waals surface area contributed by atoms with Crippen LogP contribution in [0.15, 0.2) is 24.4 Å². The Balaban J connectivity index is 2.19. The van der Waals surface area contributed by atoms with Gasteiger partial charge < -0.3 is 9.84 Å². The number of ether oxygens (including phenoxy) is 1. The van der Waals surface area contributed by atoms with E-state index < -0.39 is 11.9 Å². The maximum atomic E-state index is 14.0. The molecule has 0 aliphatic rings. The van der Waals surface area contributed by atoms with Crippen LogP contribution in [-0.2, 0) is 6.54 Å². The molecule has 0 spiro atoms. The molecule has 19 heavy (non-hydrogen) atoms. The molecule has 0 saturated heterocycles. The molecule has 2 rings (SSSR count). The van der Waals surface area contributed by atoms with Crippen LogP contribution < -0.4 is 4.74 Å². The normalized spacial score (nSPS) is 12.4. The maximum absolute atomic E-state index is 14.0. The Labute approximate surface area is 110 Å². The Kier molecular flexibility index (Phi) is 4.11. The summed E-state index contributed by atoms with van der Waals surface area (Å²) >= 11 is 0. The molecule has 2 aromatic rings. The zero-order valence-corrected chi connectivity index (χ0v) is 10.9. The summed E-state index contributed by atoms with van der Waals surface area (Å²) < 4.78 is 20.4. The van der Waals surface area contributed by atoms with Crippen LogP contribution in [0.5, 0.6) is 5.75 Å². The average Bonchev–Trinajstić information content (AvgIpc) is 2.89. The summed E-state index contributed by atoms with van der Waals surface area (Å²) in [5.74, 6) is -0.204. The van der Waals surface area contributed by atoms with Crippen molar-refractivity contribution in [3.8, 4) is 5.75 Å². The standard InChI is InChI=1S/C13H16FN3O2/c1-3-11(18)10-8-17(16-15-10)7-9-5-4-6-12(19-2)13(9)14/h4-6,8,11,18H,3,7H2,1-2H3. The van der Waals surface area contributed by atoms with Gasteiger partial charge in [0, 0.05) is 5.56 Å². The van der Waals surface area contributed by atoms with Gasteiger partial charge in [0.2, 0.25) is 0 Å². The Bertz CT molecular complexity index is 557. The van der Waals surface area contributed by atoms with Gasteiger partial charge in [-0.05, 0) is 12.5 Å². The van der Waals surface area contributed by atoms with Crippen LogP contribution in [-0.4, -0.2) is 27.2 Å². The smallest absolute Gasteiger partial charge is 0.170 e. The Morgan fingerprint density at radius 1 is 1.47 bits per heavy atom. The van der Waals surface area contributed by atoms with Crippen molar-refractivity contribution in [2.45, 2.75) is 26.0 Å². The predicted octanol–water partition coefficient (Wildman–Crippen LogP) is 1.92. The van der Waals surface area contributed by atoms with Gasteiger partial charge >= 0.3 is 0 Å². The summed E-state index contributed by atoms with van der Waals surface area (Å²) in [6.45, 7) is 2.10. The fourth-order valence-corrected chi connectivity index (χ4v) is 1.76. The molecule has 1 aromatic carbocycles. The van der Waals surface area contributed by atoms with Crippen LogP contribution in [0.1, 0.15) is 30.7 Å². The van der Waals surface area contributed by atoms with E-state index in [9.17, 15) is 9.50 Å². The lowest BCUT2D eigenvalue weighted by atomic mass is 10.2. The van der Waals surface area contributed by atoms with E-state index in [0.29, 0.717) is 17.7 Å². The summed E-state index contributed by atoms with van der Waals surface area (Å²) in [5.41, 5.74) is 0.951. The minimum atomic E-state index is -0.635. The summed E-state index contributed by atoms with van der Waals surface area (Å²) in [6.07, 6.45) is 1.54. The molecule has 0 aliphatic heterocycles. The van der Waals surface area contributed by atoms with E-state index in [1.54, 1.807) is 24.4 Å². The van der Waals surface area contributed by atoms with Crippen molar-refractivity contribution in [1.29, 1.82) is 0 Å². The number of hydrogen-bond acceptors (Lipinski definition) is 4. The Morgan fingerprint density at radius 2 is 2.26 bits per heavy atom. The Hall–Kier alpha value is -1.95. The molecule has 102 valence electrons. The molecule has 0 fully saturated rings. The lowest BCUT2D eigenvalue weighted by Crippen LogP contribution is -2.04. The van der Waals surface area contributed by atoms with Crippen LogP contribution in [0, 0.1) is 5.82 Å². The monoisotopic (exact) mass is 265 g/mol. The van der Waals surface area contributed by atoms with E-state index in [1.165, 1.54) is 11.8 Å². The quantitative estimate of drug-likeness (QED) is 0.897. The Morgan fingerprint density at radius 3 is 2.95 bits per heavy atom. The number of halogens is 1. The first kappa shape index (κ1) is 13.5. The highest BCUT2D eigenvalue weighted by Gasteiger charge is 2.12. The summed E-state index contributed by atoms with van der Waals surface area (Å²) in [6, 6.07) is 4.94. The van der Waals surface area contributed by atoms with Crippen molar-refractivity contribution in [2.75, 3.05) is 7.11 Å². The number of hydrogen-bond donors (Lipinski definition) is 1. The number of nitrogens with zero attached hydrogens (tertiary/aromatic N) is 3. The predicted molar refractivity (Wildman–Crippen MR) is 67.3 cm³/mol. The first-order valence-electron chi connectivity index (χ1n) is 6.05. The third kappa shape index (κ3) is 2.90. The van der Waals surface area contributed by atoms with Crippen LogP contribution in [0.3, 0.4) is 0 Å².